The van der Waals surface area contributed by atoms with Gasteiger partial charge in [0, 0.05) is 27.1 Å². The fourth-order valence-electron chi connectivity index (χ4n) is 3.56. The van der Waals surface area contributed by atoms with Gasteiger partial charge in [0.1, 0.15) is 0 Å². The molecule has 4 nitrogen and oxygen atoms in total. The molecule has 0 saturated heterocycles. The van der Waals surface area contributed by atoms with E-state index in [4.69, 9.17) is 4.74 Å². The highest BCUT2D eigenvalue weighted by atomic mass is 79.9. The highest BCUT2D eigenvalue weighted by Crippen LogP contribution is 2.38. The molecule has 0 saturated carbocycles. The Balaban J connectivity index is 2.22. The zero-order valence-electron chi connectivity index (χ0n) is 17.1. The van der Waals surface area contributed by atoms with Gasteiger partial charge in [-0.3, -0.25) is 9.78 Å². The summed E-state index contributed by atoms with van der Waals surface area (Å²) in [5, 5.41) is 1.11. The highest BCUT2D eigenvalue weighted by molar-refractivity contribution is 9.10. The molecular weight excluding hydrogens is 416 g/mol. The number of nitrogens with zero attached hydrogens (tertiary/aromatic N) is 1. The monoisotopic (exact) mass is 442 g/mol. The fourth-order valence-corrected chi connectivity index (χ4v) is 3.92. The Morgan fingerprint density at radius 2 is 2.04 bits per heavy atom. The van der Waals surface area contributed by atoms with Gasteiger partial charge < -0.3 is 9.72 Å². The van der Waals surface area contributed by atoms with Gasteiger partial charge in [0.2, 0.25) is 0 Å². The smallest absolute Gasteiger partial charge is 0.311 e. The number of hydrogen-bond acceptors (Lipinski definition) is 3. The van der Waals surface area contributed by atoms with Gasteiger partial charge >= 0.3 is 5.97 Å². The van der Waals surface area contributed by atoms with Gasteiger partial charge in [-0.05, 0) is 69.0 Å². The van der Waals surface area contributed by atoms with Crippen molar-refractivity contribution in [3.8, 4) is 11.3 Å². The van der Waals surface area contributed by atoms with Crippen molar-refractivity contribution < 1.29 is 9.53 Å². The topological polar surface area (TPSA) is 55.0 Å². The SMILES string of the molecule is CCOC(=O)C(C)(C)Cc1c(-c2cccnc2C(C)C)[nH]c2ccc(Br)cc12. The summed E-state index contributed by atoms with van der Waals surface area (Å²) in [5.74, 6) is 0.112. The summed E-state index contributed by atoms with van der Waals surface area (Å²) in [6.45, 7) is 10.4. The maximum absolute atomic E-state index is 12.6. The van der Waals surface area contributed by atoms with E-state index in [1.807, 2.05) is 39.1 Å². The third-order valence-electron chi connectivity index (χ3n) is 4.97. The number of halogens is 1. The highest BCUT2D eigenvalue weighted by Gasteiger charge is 2.32. The normalized spacial score (nSPS) is 12.0. The molecule has 0 fully saturated rings. The number of nitrogens with one attached hydrogen (secondary N) is 1. The van der Waals surface area contributed by atoms with Crippen molar-refractivity contribution in [2.75, 3.05) is 6.61 Å². The zero-order chi connectivity index (χ0) is 20.5. The van der Waals surface area contributed by atoms with Crippen LogP contribution >= 0.6 is 15.9 Å². The number of carbonyl (C=O) groups is 1. The quantitative estimate of drug-likeness (QED) is 0.459. The van der Waals surface area contributed by atoms with Crippen molar-refractivity contribution in [2.24, 2.45) is 5.41 Å². The predicted molar refractivity (Wildman–Crippen MR) is 117 cm³/mol. The number of fused-ring (bicyclic) bond motifs is 1. The second-order valence-electron chi connectivity index (χ2n) is 8.04. The molecule has 0 atom stereocenters. The maximum atomic E-state index is 12.6. The molecule has 0 aliphatic heterocycles. The Hall–Kier alpha value is -2.14. The molecule has 28 heavy (non-hydrogen) atoms. The van der Waals surface area contributed by atoms with E-state index in [9.17, 15) is 4.79 Å². The Morgan fingerprint density at radius 3 is 2.71 bits per heavy atom. The number of H-pyrrole nitrogens is 1. The number of ether oxygens (including phenoxy) is 1. The molecule has 3 aromatic rings. The van der Waals surface area contributed by atoms with Crippen LogP contribution in [0.3, 0.4) is 0 Å². The van der Waals surface area contributed by atoms with E-state index in [0.29, 0.717) is 18.9 Å². The van der Waals surface area contributed by atoms with E-state index in [1.54, 1.807) is 0 Å². The van der Waals surface area contributed by atoms with E-state index in [2.05, 4.69) is 57.9 Å². The number of esters is 1. The lowest BCUT2D eigenvalue weighted by molar-refractivity contribution is -0.153. The average Bonchev–Trinajstić information content (AvgIpc) is 2.99. The summed E-state index contributed by atoms with van der Waals surface area (Å²) >= 11 is 3.59. The number of pyridine rings is 1. The predicted octanol–water partition coefficient (Wildman–Crippen LogP) is 6.25. The van der Waals surface area contributed by atoms with Crippen LogP contribution in [0.5, 0.6) is 0 Å². The molecule has 0 aliphatic rings. The van der Waals surface area contributed by atoms with Crippen LogP contribution in [-0.4, -0.2) is 22.5 Å². The van der Waals surface area contributed by atoms with Crippen LogP contribution in [-0.2, 0) is 16.0 Å². The molecule has 0 unspecified atom stereocenters. The Labute approximate surface area is 174 Å². The first-order valence-corrected chi connectivity index (χ1v) is 10.5. The van der Waals surface area contributed by atoms with E-state index < -0.39 is 5.41 Å². The van der Waals surface area contributed by atoms with E-state index in [0.717, 1.165) is 37.9 Å². The largest absolute Gasteiger partial charge is 0.466 e. The van der Waals surface area contributed by atoms with Crippen LogP contribution < -0.4 is 0 Å². The molecule has 0 radical (unpaired) electrons. The molecule has 0 amide bonds. The molecule has 1 aromatic carbocycles. The van der Waals surface area contributed by atoms with Gasteiger partial charge in [0.05, 0.1) is 23.4 Å². The minimum absolute atomic E-state index is 0.180. The summed E-state index contributed by atoms with van der Waals surface area (Å²) in [5.41, 5.74) is 4.68. The van der Waals surface area contributed by atoms with Crippen LogP contribution in [0.15, 0.2) is 41.0 Å². The van der Waals surface area contributed by atoms with Crippen LogP contribution in [0.25, 0.3) is 22.2 Å². The molecule has 0 aliphatic carbocycles. The minimum atomic E-state index is -0.637. The number of hydrogen-bond donors (Lipinski definition) is 1. The summed E-state index contributed by atoms with van der Waals surface area (Å²) in [4.78, 5) is 20.8. The van der Waals surface area contributed by atoms with Gasteiger partial charge in [-0.25, -0.2) is 0 Å². The number of aromatic nitrogens is 2. The van der Waals surface area contributed by atoms with Crippen LogP contribution in [0.2, 0.25) is 0 Å². The summed E-state index contributed by atoms with van der Waals surface area (Å²) < 4.78 is 6.34. The van der Waals surface area contributed by atoms with Crippen molar-refractivity contribution in [3.63, 3.8) is 0 Å². The van der Waals surface area contributed by atoms with Crippen molar-refractivity contribution >= 4 is 32.8 Å². The Bertz CT molecular complexity index is 1010. The Kier molecular flexibility index (Phi) is 5.94. The minimum Gasteiger partial charge on any atom is -0.466 e. The summed E-state index contributed by atoms with van der Waals surface area (Å²) in [6, 6.07) is 10.3. The average molecular weight is 443 g/mol. The first kappa shape index (κ1) is 20.6. The second kappa shape index (κ2) is 8.08. The third kappa shape index (κ3) is 4.00. The number of carbonyl (C=O) groups excluding carboxylic acids is 1. The first-order valence-electron chi connectivity index (χ1n) is 9.67. The molecular formula is C23H27BrN2O2. The first-order chi connectivity index (χ1) is 13.2. The number of benzene rings is 1. The molecule has 3 rings (SSSR count). The van der Waals surface area contributed by atoms with E-state index in [1.165, 1.54) is 0 Å². The molecule has 5 heteroatoms. The van der Waals surface area contributed by atoms with E-state index >= 15 is 0 Å². The molecule has 0 spiro atoms. The van der Waals surface area contributed by atoms with Gasteiger partial charge in [-0.2, -0.15) is 0 Å². The van der Waals surface area contributed by atoms with Gasteiger partial charge in [-0.15, -0.1) is 0 Å². The lowest BCUT2D eigenvalue weighted by Gasteiger charge is -2.23. The van der Waals surface area contributed by atoms with E-state index in [-0.39, 0.29) is 5.97 Å². The number of aromatic amines is 1. The summed E-state index contributed by atoms with van der Waals surface area (Å²) in [7, 11) is 0. The summed E-state index contributed by atoms with van der Waals surface area (Å²) in [6.07, 6.45) is 2.41. The molecule has 2 heterocycles. The lowest BCUT2D eigenvalue weighted by Crippen LogP contribution is -2.29. The molecule has 2 aromatic heterocycles. The van der Waals surface area contributed by atoms with Gasteiger partial charge in [-0.1, -0.05) is 29.8 Å². The van der Waals surface area contributed by atoms with Gasteiger partial charge in [0.25, 0.3) is 0 Å². The van der Waals surface area contributed by atoms with Crippen LogP contribution in [0.4, 0.5) is 0 Å². The van der Waals surface area contributed by atoms with Crippen molar-refractivity contribution in [3.05, 3.63) is 52.3 Å². The van der Waals surface area contributed by atoms with Crippen LogP contribution in [0, 0.1) is 5.41 Å². The standard InChI is InChI=1S/C23H27BrN2O2/c1-6-28-22(27)23(4,5)13-18-17-12-15(24)9-10-19(17)26-21(18)16-8-7-11-25-20(16)14(2)3/h7-12,14,26H,6,13H2,1-5H3. The molecule has 0 bridgehead atoms. The fraction of sp³-hybridized carbons (Fsp3) is 0.391. The number of rotatable bonds is 6. The van der Waals surface area contributed by atoms with Crippen molar-refractivity contribution in [1.29, 1.82) is 0 Å². The van der Waals surface area contributed by atoms with Crippen molar-refractivity contribution in [1.82, 2.24) is 9.97 Å². The second-order valence-corrected chi connectivity index (χ2v) is 8.96. The van der Waals surface area contributed by atoms with Crippen LogP contribution in [0.1, 0.15) is 51.8 Å². The lowest BCUT2D eigenvalue weighted by atomic mass is 9.83. The maximum Gasteiger partial charge on any atom is 0.311 e. The Morgan fingerprint density at radius 1 is 1.29 bits per heavy atom. The van der Waals surface area contributed by atoms with Gasteiger partial charge in [0.15, 0.2) is 0 Å². The third-order valence-corrected chi connectivity index (χ3v) is 5.46. The molecule has 148 valence electrons. The van der Waals surface area contributed by atoms with Crippen molar-refractivity contribution in [2.45, 2.75) is 47.0 Å². The zero-order valence-corrected chi connectivity index (χ0v) is 18.7. The molecule has 1 N–H and O–H groups in total.